The van der Waals surface area contributed by atoms with Gasteiger partial charge in [0.1, 0.15) is 12.3 Å². The Bertz CT molecular complexity index is 1200. The summed E-state index contributed by atoms with van der Waals surface area (Å²) in [5.74, 6) is -0.444. The van der Waals surface area contributed by atoms with Gasteiger partial charge >= 0.3 is 12.5 Å². The minimum absolute atomic E-state index is 0.109. The third kappa shape index (κ3) is 8.02. The maximum atomic E-state index is 13.0. The molecule has 0 radical (unpaired) electrons. The van der Waals surface area contributed by atoms with Crippen LogP contribution in [0.1, 0.15) is 11.6 Å². The van der Waals surface area contributed by atoms with E-state index in [1.807, 2.05) is 0 Å². The lowest BCUT2D eigenvalue weighted by molar-refractivity contribution is -0.274. The molecule has 0 bridgehead atoms. The van der Waals surface area contributed by atoms with Crippen LogP contribution in [0.5, 0.6) is 5.75 Å². The van der Waals surface area contributed by atoms with E-state index in [0.29, 0.717) is 11.8 Å². The molecule has 0 aliphatic heterocycles. The van der Waals surface area contributed by atoms with Gasteiger partial charge in [0.2, 0.25) is 16.0 Å². The third-order valence-electron chi connectivity index (χ3n) is 4.30. The van der Waals surface area contributed by atoms with Crippen molar-refractivity contribution in [2.24, 2.45) is 0 Å². The number of hydrogen-bond donors (Lipinski definition) is 2. The van der Waals surface area contributed by atoms with Crippen molar-refractivity contribution in [1.82, 2.24) is 34.9 Å². The molecule has 35 heavy (non-hydrogen) atoms. The van der Waals surface area contributed by atoms with E-state index >= 15 is 0 Å². The van der Waals surface area contributed by atoms with E-state index in [1.165, 1.54) is 12.4 Å². The van der Waals surface area contributed by atoms with Crippen LogP contribution in [0.4, 0.5) is 32.3 Å². The van der Waals surface area contributed by atoms with Crippen LogP contribution in [0.15, 0.2) is 36.7 Å². The molecular formula is C17H16F6N8O3S. The van der Waals surface area contributed by atoms with Crippen LogP contribution in [-0.2, 0) is 10.0 Å². The zero-order chi connectivity index (χ0) is 25.9. The van der Waals surface area contributed by atoms with Gasteiger partial charge < -0.3 is 10.1 Å². The van der Waals surface area contributed by atoms with E-state index in [4.69, 9.17) is 0 Å². The van der Waals surface area contributed by atoms with Crippen molar-refractivity contribution < 1.29 is 39.5 Å². The van der Waals surface area contributed by atoms with Gasteiger partial charge in [-0.15, -0.1) is 18.3 Å². The number of nitrogens with one attached hydrogen (secondary N) is 2. The lowest BCUT2D eigenvalue weighted by atomic mass is 10.1. The van der Waals surface area contributed by atoms with Gasteiger partial charge in [0.05, 0.1) is 17.9 Å². The van der Waals surface area contributed by atoms with Gasteiger partial charge in [-0.1, -0.05) is 12.1 Å². The molecule has 1 aromatic carbocycles. The number of aromatic amines is 1. The summed E-state index contributed by atoms with van der Waals surface area (Å²) < 4.78 is 104. The quantitative estimate of drug-likeness (QED) is 0.403. The van der Waals surface area contributed by atoms with E-state index in [0.717, 1.165) is 24.3 Å². The van der Waals surface area contributed by atoms with E-state index in [-0.39, 0.29) is 21.6 Å². The van der Waals surface area contributed by atoms with E-state index < -0.39 is 47.4 Å². The van der Waals surface area contributed by atoms with E-state index in [2.05, 4.69) is 40.6 Å². The monoisotopic (exact) mass is 526 g/mol. The summed E-state index contributed by atoms with van der Waals surface area (Å²) >= 11 is 0. The minimum Gasteiger partial charge on any atom is -0.406 e. The number of alkyl halides is 6. The van der Waals surface area contributed by atoms with Gasteiger partial charge in [-0.3, -0.25) is 0 Å². The first-order valence-electron chi connectivity index (χ1n) is 9.40. The molecule has 2 heterocycles. The molecule has 18 heteroatoms. The summed E-state index contributed by atoms with van der Waals surface area (Å²) in [6.45, 7) is -2.52. The average Bonchev–Trinajstić information content (AvgIpc) is 3.26. The third-order valence-corrected chi connectivity index (χ3v) is 5.52. The maximum Gasteiger partial charge on any atom is 0.573 e. The van der Waals surface area contributed by atoms with Gasteiger partial charge in [0.25, 0.3) is 0 Å². The molecular weight excluding hydrogens is 510 g/mol. The number of ether oxygens (including phenoxy) is 1. The predicted octanol–water partition coefficient (Wildman–Crippen LogP) is 2.53. The van der Waals surface area contributed by atoms with Crippen molar-refractivity contribution in [2.45, 2.75) is 18.6 Å². The van der Waals surface area contributed by atoms with Crippen molar-refractivity contribution in [2.75, 3.05) is 24.7 Å². The zero-order valence-electron chi connectivity index (χ0n) is 17.5. The van der Waals surface area contributed by atoms with Crippen molar-refractivity contribution in [3.63, 3.8) is 0 Å². The smallest absolute Gasteiger partial charge is 0.406 e. The number of nitrogens with zero attached hydrogens (tertiary/aromatic N) is 6. The number of halogens is 6. The molecule has 2 aromatic heterocycles. The number of H-pyrrole nitrogens is 1. The molecule has 0 amide bonds. The Balaban J connectivity index is 1.90. The standard InChI is InChI=1S/C17H16F6N8O3S/c1-35(32,33)31(9-16(18,19)20)8-13(10-2-4-12(5-3-10)34-17(21,22)23)26-15-24-6-11(7-25-15)14-27-29-30-28-14/h2-7,13H,8-9H2,1H3,(H,24,25,26)(H,27,28,29,30). The molecule has 0 fully saturated rings. The highest BCUT2D eigenvalue weighted by Gasteiger charge is 2.36. The fourth-order valence-electron chi connectivity index (χ4n) is 2.82. The summed E-state index contributed by atoms with van der Waals surface area (Å²) in [4.78, 5) is 8.02. The summed E-state index contributed by atoms with van der Waals surface area (Å²) in [6.07, 6.45) is -6.61. The molecule has 0 spiro atoms. The second-order valence-electron chi connectivity index (χ2n) is 7.03. The largest absolute Gasteiger partial charge is 0.573 e. The van der Waals surface area contributed by atoms with Crippen LogP contribution < -0.4 is 10.1 Å². The Labute approximate surface area is 193 Å². The second-order valence-corrected chi connectivity index (χ2v) is 9.01. The Kier molecular flexibility index (Phi) is 7.44. The number of hydrogen-bond acceptors (Lipinski definition) is 9. The summed E-state index contributed by atoms with van der Waals surface area (Å²) in [5.41, 5.74) is 0.517. The van der Waals surface area contributed by atoms with Gasteiger partial charge in [-0.2, -0.15) is 17.5 Å². The molecule has 1 atom stereocenters. The van der Waals surface area contributed by atoms with E-state index in [1.54, 1.807) is 0 Å². The van der Waals surface area contributed by atoms with Crippen LogP contribution in [0.2, 0.25) is 0 Å². The second kappa shape index (κ2) is 9.98. The van der Waals surface area contributed by atoms with E-state index in [9.17, 15) is 34.8 Å². The Morgan fingerprint density at radius 3 is 2.20 bits per heavy atom. The summed E-state index contributed by atoms with van der Waals surface area (Å²) in [5, 5.41) is 15.6. The fourth-order valence-corrected chi connectivity index (χ4v) is 3.62. The zero-order valence-corrected chi connectivity index (χ0v) is 18.4. The number of benzene rings is 1. The normalized spacial score (nSPS) is 13.6. The van der Waals surface area contributed by atoms with Crippen molar-refractivity contribution in [1.29, 1.82) is 0 Å². The fraction of sp³-hybridized carbons (Fsp3) is 0.353. The summed E-state index contributed by atoms with van der Waals surface area (Å²) in [6, 6.07) is 2.97. The van der Waals surface area contributed by atoms with Crippen LogP contribution in [0.3, 0.4) is 0 Å². The van der Waals surface area contributed by atoms with Crippen molar-refractivity contribution >= 4 is 16.0 Å². The maximum absolute atomic E-state index is 13.0. The highest BCUT2D eigenvalue weighted by atomic mass is 32.2. The van der Waals surface area contributed by atoms with Gasteiger partial charge in [0, 0.05) is 18.9 Å². The van der Waals surface area contributed by atoms with Crippen molar-refractivity contribution in [3.05, 3.63) is 42.2 Å². The number of anilines is 1. The van der Waals surface area contributed by atoms with Crippen LogP contribution in [-0.4, -0.2) is 75.2 Å². The van der Waals surface area contributed by atoms with Gasteiger partial charge in [0.15, 0.2) is 5.82 Å². The Morgan fingerprint density at radius 1 is 1.09 bits per heavy atom. The molecule has 0 aliphatic carbocycles. The van der Waals surface area contributed by atoms with Gasteiger partial charge in [-0.25, -0.2) is 23.5 Å². The molecule has 0 saturated carbocycles. The molecule has 11 nitrogen and oxygen atoms in total. The molecule has 3 aromatic rings. The van der Waals surface area contributed by atoms with Crippen molar-refractivity contribution in [3.8, 4) is 17.1 Å². The SMILES string of the molecule is CS(=O)(=O)N(CC(Nc1ncc(-c2nnn[nH]2)cn1)c1ccc(OC(F)(F)F)cc1)CC(F)(F)F. The average molecular weight is 526 g/mol. The highest BCUT2D eigenvalue weighted by molar-refractivity contribution is 7.88. The number of sulfonamides is 1. The molecule has 190 valence electrons. The lowest BCUT2D eigenvalue weighted by Crippen LogP contribution is -2.42. The van der Waals surface area contributed by atoms with Crippen LogP contribution in [0.25, 0.3) is 11.4 Å². The van der Waals surface area contributed by atoms with Gasteiger partial charge in [-0.05, 0) is 28.1 Å². The Hall–Kier alpha value is -3.54. The van der Waals surface area contributed by atoms with Crippen LogP contribution in [0, 0.1) is 0 Å². The number of tetrazole rings is 1. The topological polar surface area (TPSA) is 139 Å². The highest BCUT2D eigenvalue weighted by Crippen LogP contribution is 2.28. The van der Waals surface area contributed by atoms with Crippen LogP contribution >= 0.6 is 0 Å². The first-order chi connectivity index (χ1) is 16.2. The first kappa shape index (κ1) is 26.1. The molecule has 0 saturated heterocycles. The number of rotatable bonds is 9. The molecule has 0 aliphatic rings. The molecule has 2 N–H and O–H groups in total. The molecule has 1 unspecified atom stereocenters. The Morgan fingerprint density at radius 2 is 1.71 bits per heavy atom. The number of aromatic nitrogens is 6. The first-order valence-corrected chi connectivity index (χ1v) is 11.2. The molecule has 3 rings (SSSR count). The predicted molar refractivity (Wildman–Crippen MR) is 107 cm³/mol. The lowest BCUT2D eigenvalue weighted by Gasteiger charge is -2.27. The summed E-state index contributed by atoms with van der Waals surface area (Å²) in [7, 11) is -4.33. The minimum atomic E-state index is -4.95.